The van der Waals surface area contributed by atoms with E-state index < -0.39 is 11.6 Å². The first kappa shape index (κ1) is 10.5. The molecule has 5 heteroatoms. The first-order valence-corrected chi connectivity index (χ1v) is 2.81. The van der Waals surface area contributed by atoms with E-state index in [0.717, 1.165) is 0 Å². The van der Waals surface area contributed by atoms with Crippen LogP contribution >= 0.6 is 0 Å². The molecule has 1 radical (unpaired) electrons. The van der Waals surface area contributed by atoms with Crippen molar-refractivity contribution in [3.8, 4) is 0 Å². The van der Waals surface area contributed by atoms with Crippen LogP contribution in [0.3, 0.4) is 0 Å². The first-order valence-electron chi connectivity index (χ1n) is 2.81. The summed E-state index contributed by atoms with van der Waals surface area (Å²) in [6.45, 7) is 0.510. The molecule has 0 aromatic heterocycles. The van der Waals surface area contributed by atoms with Crippen molar-refractivity contribution in [3.63, 3.8) is 0 Å². The van der Waals surface area contributed by atoms with Gasteiger partial charge in [-0.25, -0.2) is 4.39 Å². The molecule has 1 amide bonds. The summed E-state index contributed by atoms with van der Waals surface area (Å²) in [4.78, 5) is 10.2. The van der Waals surface area contributed by atoms with Crippen LogP contribution in [-0.4, -0.2) is 24.7 Å². The average molecular weight is 220 g/mol. The Morgan fingerprint density at radius 1 is 1.70 bits per heavy atom. The van der Waals surface area contributed by atoms with Crippen LogP contribution in [0.5, 0.6) is 0 Å². The maximum atomic E-state index is 12.8. The Balaban J connectivity index is 0.000000810. The fraction of sp³-hybridized carbons (Fsp3) is 0.800. The molecule has 1 aliphatic rings. The Morgan fingerprint density at radius 3 is 2.50 bits per heavy atom. The van der Waals surface area contributed by atoms with Crippen LogP contribution < -0.4 is 5.32 Å². The molecule has 1 atom stereocenters. The van der Waals surface area contributed by atoms with Crippen LogP contribution in [0.15, 0.2) is 0 Å². The standard InChI is InChI=1S/C5H9FN2O.Y/c6-5(4(7)9)1-2-8-3-5;/h8H,1-3H2,(H2,7,9);/p-1. The second-order valence-corrected chi connectivity index (χ2v) is 2.22. The summed E-state index contributed by atoms with van der Waals surface area (Å²) in [5.41, 5.74) is 4.63. The van der Waals surface area contributed by atoms with E-state index in [1.165, 1.54) is 0 Å². The summed E-state index contributed by atoms with van der Waals surface area (Å²) in [5, 5.41) is 2.68. The van der Waals surface area contributed by atoms with Gasteiger partial charge in [0.25, 0.3) is 0 Å². The van der Waals surface area contributed by atoms with E-state index >= 15 is 0 Å². The molecule has 0 saturated carbocycles. The minimum atomic E-state index is -1.89. The predicted molar refractivity (Wildman–Crippen MR) is 30.7 cm³/mol. The third-order valence-corrected chi connectivity index (χ3v) is 1.51. The summed E-state index contributed by atoms with van der Waals surface area (Å²) in [5.74, 6) is -1.10. The molecule has 1 rings (SSSR count). The third-order valence-electron chi connectivity index (χ3n) is 1.51. The number of halogens is 1. The Bertz CT molecular complexity index is 136. The summed E-state index contributed by atoms with van der Waals surface area (Å²) in [6.07, 6.45) is 0.148. The zero-order valence-corrected chi connectivity index (χ0v) is 8.32. The molecule has 1 heterocycles. The minimum absolute atomic E-state index is 0. The van der Waals surface area contributed by atoms with Gasteiger partial charge in [-0.05, 0) is 6.54 Å². The quantitative estimate of drug-likeness (QED) is 0.689. The monoisotopic (exact) mass is 220 g/mol. The van der Waals surface area contributed by atoms with E-state index in [9.17, 15) is 9.18 Å². The Labute approximate surface area is 83.8 Å². The topological polar surface area (TPSA) is 52.9 Å². The van der Waals surface area contributed by atoms with Crippen LogP contribution in [0.4, 0.5) is 4.39 Å². The molecule has 0 aromatic rings. The third kappa shape index (κ3) is 1.97. The van der Waals surface area contributed by atoms with Gasteiger partial charge in [0.05, 0.1) is 5.91 Å². The second-order valence-electron chi connectivity index (χ2n) is 2.22. The molecule has 0 bridgehead atoms. The molecule has 10 heavy (non-hydrogen) atoms. The number of amides is 1. The maximum absolute atomic E-state index is 12.8. The summed E-state index contributed by atoms with van der Waals surface area (Å²) >= 11 is 0. The molecule has 3 nitrogen and oxygen atoms in total. The molecule has 0 aliphatic carbocycles. The summed E-state index contributed by atoms with van der Waals surface area (Å²) in [7, 11) is 0. The van der Waals surface area contributed by atoms with E-state index in [1.807, 2.05) is 0 Å². The van der Waals surface area contributed by atoms with E-state index in [-0.39, 0.29) is 45.7 Å². The van der Waals surface area contributed by atoms with Crippen molar-refractivity contribution in [2.24, 2.45) is 0 Å². The molecule has 55 valence electrons. The van der Waals surface area contributed by atoms with Crippen molar-refractivity contribution >= 4 is 5.91 Å². The van der Waals surface area contributed by atoms with E-state index in [4.69, 9.17) is 5.73 Å². The van der Waals surface area contributed by atoms with Gasteiger partial charge in [-0.3, -0.25) is 0 Å². The summed E-state index contributed by atoms with van der Waals surface area (Å²) < 4.78 is 12.8. The van der Waals surface area contributed by atoms with Gasteiger partial charge in [0, 0.05) is 45.7 Å². The largest absolute Gasteiger partial charge is 0.665 e. The number of carbonyl (C=O) groups is 1. The van der Waals surface area contributed by atoms with Crippen LogP contribution in [0.25, 0.3) is 5.73 Å². The van der Waals surface area contributed by atoms with Gasteiger partial charge in [-0.15, -0.1) is 0 Å². The minimum Gasteiger partial charge on any atom is -0.665 e. The number of carbonyl (C=O) groups excluding carboxylic acids is 1. The predicted octanol–water partition coefficient (Wildman–Crippen LogP) is 0.264. The molecule has 2 N–H and O–H groups in total. The smallest absolute Gasteiger partial charge is 0.165 e. The number of alkyl halides is 1. The molecule has 1 fully saturated rings. The van der Waals surface area contributed by atoms with E-state index in [1.54, 1.807) is 0 Å². The van der Waals surface area contributed by atoms with Crippen molar-refractivity contribution in [1.82, 2.24) is 5.32 Å². The summed E-state index contributed by atoms with van der Waals surface area (Å²) in [6, 6.07) is 0. The van der Waals surface area contributed by atoms with E-state index in [2.05, 4.69) is 5.32 Å². The van der Waals surface area contributed by atoms with Gasteiger partial charge in [0.1, 0.15) is 0 Å². The zero-order chi connectivity index (χ0) is 6.91. The maximum Gasteiger partial charge on any atom is 0.165 e. The molecule has 1 saturated heterocycles. The molecule has 1 aliphatic heterocycles. The molecule has 0 aromatic carbocycles. The fourth-order valence-electron chi connectivity index (χ4n) is 0.855. The second kappa shape index (κ2) is 3.74. The van der Waals surface area contributed by atoms with Crippen LogP contribution in [0, 0.1) is 0 Å². The van der Waals surface area contributed by atoms with Gasteiger partial charge >= 0.3 is 0 Å². The molecular weight excluding hydrogens is 212 g/mol. The first-order chi connectivity index (χ1) is 4.15. The van der Waals surface area contributed by atoms with Crippen LogP contribution in [0.2, 0.25) is 0 Å². The number of rotatable bonds is 1. The number of nitrogens with one attached hydrogen (secondary N) is 2. The van der Waals surface area contributed by atoms with Crippen molar-refractivity contribution in [3.05, 3.63) is 5.73 Å². The normalized spacial score (nSPS) is 31.3. The van der Waals surface area contributed by atoms with Crippen molar-refractivity contribution in [2.45, 2.75) is 12.1 Å². The Morgan fingerprint density at radius 2 is 2.30 bits per heavy atom. The fourth-order valence-corrected chi connectivity index (χ4v) is 0.855. The van der Waals surface area contributed by atoms with E-state index in [0.29, 0.717) is 6.54 Å². The number of hydrogen-bond acceptors (Lipinski definition) is 2. The molecule has 1 unspecified atom stereocenters. The van der Waals surface area contributed by atoms with Gasteiger partial charge < -0.3 is 15.8 Å². The van der Waals surface area contributed by atoms with Crippen LogP contribution in [-0.2, 0) is 37.5 Å². The van der Waals surface area contributed by atoms with Crippen molar-refractivity contribution in [1.29, 1.82) is 0 Å². The van der Waals surface area contributed by atoms with Gasteiger partial charge in [0.15, 0.2) is 5.67 Å². The Kier molecular flexibility index (Phi) is 3.91. The van der Waals surface area contributed by atoms with Crippen molar-refractivity contribution in [2.75, 3.05) is 13.1 Å². The van der Waals surface area contributed by atoms with Crippen molar-refractivity contribution < 1.29 is 41.9 Å². The molecule has 0 spiro atoms. The van der Waals surface area contributed by atoms with Crippen LogP contribution in [0.1, 0.15) is 6.42 Å². The van der Waals surface area contributed by atoms with Gasteiger partial charge in [-0.1, -0.05) is 0 Å². The SMILES string of the molecule is [NH-]C(=O)C1(F)CCNC1.[Y]. The zero-order valence-electron chi connectivity index (χ0n) is 5.48. The Hall–Kier alpha value is 0.464. The number of hydrogen-bond donors (Lipinski definition) is 1. The average Bonchev–Trinajstić information content (AvgIpc) is 2.16. The molecular formula is C5H8FN2OY-. The van der Waals surface area contributed by atoms with Gasteiger partial charge in [-0.2, -0.15) is 0 Å². The van der Waals surface area contributed by atoms with Gasteiger partial charge in [0.2, 0.25) is 0 Å².